The molecule has 0 aliphatic rings. The maximum atomic E-state index is 6.26. The van der Waals surface area contributed by atoms with Gasteiger partial charge in [-0.2, -0.15) is 0 Å². The number of nitrogens with zero attached hydrogens (tertiary/aromatic N) is 1. The Balaban J connectivity index is 2.72. The predicted octanol–water partition coefficient (Wildman–Crippen LogP) is 3.55. The number of ether oxygens (including phenoxy) is 1. The molecule has 0 saturated carbocycles. The van der Waals surface area contributed by atoms with Gasteiger partial charge in [-0.1, -0.05) is 27.7 Å². The molecule has 0 saturated heterocycles. The summed E-state index contributed by atoms with van der Waals surface area (Å²) >= 11 is 0. The number of aromatic nitrogens is 1. The Labute approximate surface area is 111 Å². The minimum atomic E-state index is 0.0205. The molecule has 2 N–H and O–H groups in total. The first-order valence-corrected chi connectivity index (χ1v) is 6.68. The fourth-order valence-electron chi connectivity index (χ4n) is 1.75. The minimum Gasteiger partial charge on any atom is -0.492 e. The summed E-state index contributed by atoms with van der Waals surface area (Å²) in [6.45, 7) is 11.6. The van der Waals surface area contributed by atoms with Gasteiger partial charge in [-0.25, -0.2) is 0 Å². The van der Waals surface area contributed by atoms with E-state index in [-0.39, 0.29) is 11.5 Å². The normalized spacial score (nSPS) is 15.2. The summed E-state index contributed by atoms with van der Waals surface area (Å²) in [7, 11) is 0. The van der Waals surface area contributed by atoms with Crippen LogP contribution in [0.2, 0.25) is 0 Å². The highest BCUT2D eigenvalue weighted by molar-refractivity contribution is 5.25. The van der Waals surface area contributed by atoms with E-state index in [9.17, 15) is 0 Å². The smallest absolute Gasteiger partial charge is 0.137 e. The molecule has 2 unspecified atom stereocenters. The largest absolute Gasteiger partial charge is 0.492 e. The summed E-state index contributed by atoms with van der Waals surface area (Å²) in [6.07, 6.45) is 4.52. The Morgan fingerprint density at radius 1 is 1.33 bits per heavy atom. The first-order valence-electron chi connectivity index (χ1n) is 6.68. The molecule has 0 spiro atoms. The van der Waals surface area contributed by atoms with Crippen molar-refractivity contribution in [2.45, 2.75) is 47.1 Å². The standard InChI is InChI=1S/C15H26N2O/c1-6-18-13-8-12(9-17-10-13)14(16)7-11(2)15(3,4)5/h8-11,14H,6-7,16H2,1-5H3. The molecule has 102 valence electrons. The van der Waals surface area contributed by atoms with Gasteiger partial charge in [-0.05, 0) is 36.3 Å². The van der Waals surface area contributed by atoms with E-state index >= 15 is 0 Å². The first kappa shape index (κ1) is 15.0. The van der Waals surface area contributed by atoms with Crippen molar-refractivity contribution in [3.8, 4) is 5.75 Å². The van der Waals surface area contributed by atoms with Crippen LogP contribution in [-0.4, -0.2) is 11.6 Å². The van der Waals surface area contributed by atoms with Gasteiger partial charge in [0.2, 0.25) is 0 Å². The lowest BCUT2D eigenvalue weighted by atomic mass is 9.78. The van der Waals surface area contributed by atoms with Gasteiger partial charge in [0.15, 0.2) is 0 Å². The summed E-state index contributed by atoms with van der Waals surface area (Å²) in [5.41, 5.74) is 7.60. The second-order valence-corrected chi connectivity index (χ2v) is 6.00. The molecule has 0 bridgehead atoms. The lowest BCUT2D eigenvalue weighted by Gasteiger charge is -2.29. The molecule has 3 nitrogen and oxygen atoms in total. The lowest BCUT2D eigenvalue weighted by Crippen LogP contribution is -2.23. The van der Waals surface area contributed by atoms with Crippen molar-refractivity contribution in [2.24, 2.45) is 17.1 Å². The Hall–Kier alpha value is -1.09. The van der Waals surface area contributed by atoms with E-state index in [1.807, 2.05) is 19.2 Å². The van der Waals surface area contributed by atoms with Gasteiger partial charge in [-0.15, -0.1) is 0 Å². The minimum absolute atomic E-state index is 0.0205. The maximum absolute atomic E-state index is 6.26. The van der Waals surface area contributed by atoms with Gasteiger partial charge in [0, 0.05) is 12.2 Å². The zero-order valence-corrected chi connectivity index (χ0v) is 12.2. The summed E-state index contributed by atoms with van der Waals surface area (Å²) in [4.78, 5) is 4.19. The van der Waals surface area contributed by atoms with Crippen LogP contribution in [0.1, 0.15) is 52.6 Å². The van der Waals surface area contributed by atoms with E-state index in [2.05, 4.69) is 32.7 Å². The van der Waals surface area contributed by atoms with Gasteiger partial charge < -0.3 is 10.5 Å². The number of rotatable bonds is 5. The van der Waals surface area contributed by atoms with Gasteiger partial charge in [0.05, 0.1) is 12.8 Å². The van der Waals surface area contributed by atoms with Crippen molar-refractivity contribution in [1.29, 1.82) is 0 Å². The number of nitrogens with two attached hydrogens (primary N) is 1. The molecular formula is C15H26N2O. The fraction of sp³-hybridized carbons (Fsp3) is 0.667. The third-order valence-electron chi connectivity index (χ3n) is 3.56. The molecular weight excluding hydrogens is 224 g/mol. The average molecular weight is 250 g/mol. The van der Waals surface area contributed by atoms with Crippen LogP contribution in [-0.2, 0) is 0 Å². The van der Waals surface area contributed by atoms with Gasteiger partial charge in [0.25, 0.3) is 0 Å². The van der Waals surface area contributed by atoms with Crippen LogP contribution >= 0.6 is 0 Å². The Kier molecular flexibility index (Phi) is 5.15. The summed E-state index contributed by atoms with van der Waals surface area (Å²) in [5.74, 6) is 1.36. The van der Waals surface area contributed by atoms with E-state index in [1.165, 1.54) is 0 Å². The van der Waals surface area contributed by atoms with Crippen LogP contribution in [0.5, 0.6) is 5.75 Å². The van der Waals surface area contributed by atoms with Gasteiger partial charge in [-0.3, -0.25) is 4.98 Å². The Bertz CT molecular complexity index is 371. The second kappa shape index (κ2) is 6.19. The van der Waals surface area contributed by atoms with Crippen LogP contribution in [0.25, 0.3) is 0 Å². The molecule has 2 atom stereocenters. The molecule has 1 aromatic heterocycles. The third kappa shape index (κ3) is 4.30. The van der Waals surface area contributed by atoms with Crippen LogP contribution in [0.4, 0.5) is 0 Å². The van der Waals surface area contributed by atoms with E-state index in [0.717, 1.165) is 17.7 Å². The van der Waals surface area contributed by atoms with E-state index in [1.54, 1.807) is 6.20 Å². The lowest BCUT2D eigenvalue weighted by molar-refractivity contribution is 0.233. The molecule has 1 heterocycles. The van der Waals surface area contributed by atoms with Crippen LogP contribution in [0.15, 0.2) is 18.5 Å². The summed E-state index contributed by atoms with van der Waals surface area (Å²) < 4.78 is 5.45. The average Bonchev–Trinajstić information content (AvgIpc) is 2.28. The quantitative estimate of drug-likeness (QED) is 0.869. The van der Waals surface area contributed by atoms with E-state index in [0.29, 0.717) is 12.5 Å². The second-order valence-electron chi connectivity index (χ2n) is 6.00. The highest BCUT2D eigenvalue weighted by Crippen LogP contribution is 2.32. The fourth-order valence-corrected chi connectivity index (χ4v) is 1.75. The molecule has 0 amide bonds. The van der Waals surface area contributed by atoms with Crippen molar-refractivity contribution in [1.82, 2.24) is 4.98 Å². The zero-order valence-electron chi connectivity index (χ0n) is 12.2. The van der Waals surface area contributed by atoms with E-state index in [4.69, 9.17) is 10.5 Å². The number of hydrogen-bond donors (Lipinski definition) is 1. The van der Waals surface area contributed by atoms with Gasteiger partial charge >= 0.3 is 0 Å². The van der Waals surface area contributed by atoms with Crippen LogP contribution in [0, 0.1) is 11.3 Å². The highest BCUT2D eigenvalue weighted by Gasteiger charge is 2.23. The Morgan fingerprint density at radius 2 is 2.00 bits per heavy atom. The zero-order chi connectivity index (χ0) is 13.8. The molecule has 18 heavy (non-hydrogen) atoms. The molecule has 0 radical (unpaired) electrons. The van der Waals surface area contributed by atoms with Crippen molar-refractivity contribution < 1.29 is 4.74 Å². The van der Waals surface area contributed by atoms with Crippen LogP contribution < -0.4 is 10.5 Å². The van der Waals surface area contributed by atoms with Crippen molar-refractivity contribution >= 4 is 0 Å². The van der Waals surface area contributed by atoms with Gasteiger partial charge in [0.1, 0.15) is 5.75 Å². The SMILES string of the molecule is CCOc1cncc(C(N)CC(C)C(C)(C)C)c1. The molecule has 0 aliphatic carbocycles. The molecule has 1 aromatic rings. The molecule has 3 heteroatoms. The topological polar surface area (TPSA) is 48.1 Å². The molecule has 0 aromatic carbocycles. The maximum Gasteiger partial charge on any atom is 0.137 e. The predicted molar refractivity (Wildman–Crippen MR) is 75.6 cm³/mol. The third-order valence-corrected chi connectivity index (χ3v) is 3.56. The summed E-state index contributed by atoms with van der Waals surface area (Å²) in [5, 5.41) is 0. The first-order chi connectivity index (χ1) is 8.34. The van der Waals surface area contributed by atoms with E-state index < -0.39 is 0 Å². The van der Waals surface area contributed by atoms with Crippen molar-refractivity contribution in [2.75, 3.05) is 6.61 Å². The van der Waals surface area contributed by atoms with Crippen molar-refractivity contribution in [3.05, 3.63) is 24.0 Å². The Morgan fingerprint density at radius 3 is 2.56 bits per heavy atom. The number of hydrogen-bond acceptors (Lipinski definition) is 3. The van der Waals surface area contributed by atoms with Crippen LogP contribution in [0.3, 0.4) is 0 Å². The monoisotopic (exact) mass is 250 g/mol. The molecule has 0 fully saturated rings. The molecule has 0 aliphatic heterocycles. The highest BCUT2D eigenvalue weighted by atomic mass is 16.5. The molecule has 1 rings (SSSR count). The number of pyridine rings is 1. The summed E-state index contributed by atoms with van der Waals surface area (Å²) in [6, 6.07) is 2.02. The van der Waals surface area contributed by atoms with Crippen molar-refractivity contribution in [3.63, 3.8) is 0 Å².